The van der Waals surface area contributed by atoms with Crippen molar-refractivity contribution in [3.8, 4) is 0 Å². The van der Waals surface area contributed by atoms with E-state index < -0.39 is 33.0 Å². The minimum atomic E-state index is -3.82. The van der Waals surface area contributed by atoms with Gasteiger partial charge in [0.25, 0.3) is 0 Å². The second kappa shape index (κ2) is 6.15. The molecule has 1 aromatic carbocycles. The molecule has 2 rings (SSSR count). The van der Waals surface area contributed by atoms with Gasteiger partial charge in [-0.15, -0.1) is 0 Å². The monoisotopic (exact) mass is 304 g/mol. The third-order valence-electron chi connectivity index (χ3n) is 3.55. The first-order valence-corrected chi connectivity index (χ1v) is 8.23. The summed E-state index contributed by atoms with van der Waals surface area (Å²) in [4.78, 5) is 0. The van der Waals surface area contributed by atoms with Crippen LogP contribution in [0.15, 0.2) is 18.2 Å². The molecule has 0 aliphatic heterocycles. The van der Waals surface area contributed by atoms with E-state index in [9.17, 15) is 17.2 Å². The second-order valence-corrected chi connectivity index (χ2v) is 6.89. The second-order valence-electron chi connectivity index (χ2n) is 5.13. The summed E-state index contributed by atoms with van der Waals surface area (Å²) in [5, 5.41) is 0. The molecule has 0 bridgehead atoms. The van der Waals surface area contributed by atoms with Crippen molar-refractivity contribution < 1.29 is 17.2 Å². The number of halogens is 2. The van der Waals surface area contributed by atoms with E-state index in [-0.39, 0.29) is 12.1 Å². The Bertz CT molecular complexity index is 557. The molecule has 1 aliphatic carbocycles. The highest BCUT2D eigenvalue weighted by atomic mass is 32.2. The van der Waals surface area contributed by atoms with Crippen LogP contribution in [0.1, 0.15) is 31.2 Å². The average Bonchev–Trinajstić information content (AvgIpc) is 2.37. The van der Waals surface area contributed by atoms with Gasteiger partial charge >= 0.3 is 0 Å². The Labute approximate surface area is 117 Å². The molecule has 0 spiro atoms. The van der Waals surface area contributed by atoms with Gasteiger partial charge < -0.3 is 5.73 Å². The fourth-order valence-electron chi connectivity index (χ4n) is 2.44. The molecule has 1 aromatic rings. The smallest absolute Gasteiger partial charge is 0.216 e. The minimum Gasteiger partial charge on any atom is -0.326 e. The van der Waals surface area contributed by atoms with Crippen LogP contribution in [0.5, 0.6) is 0 Å². The maximum atomic E-state index is 13.5. The maximum Gasteiger partial charge on any atom is 0.216 e. The molecule has 3 N–H and O–H groups in total. The van der Waals surface area contributed by atoms with E-state index in [1.807, 2.05) is 0 Å². The van der Waals surface area contributed by atoms with Crippen molar-refractivity contribution in [2.24, 2.45) is 5.73 Å². The average molecular weight is 304 g/mol. The van der Waals surface area contributed by atoms with Gasteiger partial charge in [-0.3, -0.25) is 0 Å². The summed E-state index contributed by atoms with van der Waals surface area (Å²) in [5.74, 6) is -2.43. The molecule has 1 saturated carbocycles. The van der Waals surface area contributed by atoms with Crippen molar-refractivity contribution in [3.05, 3.63) is 35.4 Å². The number of benzene rings is 1. The van der Waals surface area contributed by atoms with Gasteiger partial charge in [-0.05, 0) is 25.0 Å². The van der Waals surface area contributed by atoms with Crippen molar-refractivity contribution in [2.45, 2.75) is 43.5 Å². The van der Waals surface area contributed by atoms with E-state index in [0.717, 1.165) is 31.4 Å². The molecule has 0 amide bonds. The lowest BCUT2D eigenvalue weighted by Crippen LogP contribution is -2.49. The third-order valence-corrected chi connectivity index (χ3v) is 4.88. The quantitative estimate of drug-likeness (QED) is 0.888. The number of rotatable bonds is 4. The number of nitrogens with one attached hydrogen (secondary N) is 1. The number of nitrogens with two attached hydrogens (primary N) is 1. The molecule has 0 aromatic heterocycles. The number of hydrogen-bond acceptors (Lipinski definition) is 3. The first kappa shape index (κ1) is 15.3. The molecule has 1 fully saturated rings. The van der Waals surface area contributed by atoms with Gasteiger partial charge in [-0.25, -0.2) is 21.9 Å². The molecular formula is C13H18F2N2O2S. The Morgan fingerprint density at radius 3 is 2.40 bits per heavy atom. The lowest BCUT2D eigenvalue weighted by Gasteiger charge is -2.29. The fraction of sp³-hybridized carbons (Fsp3) is 0.538. The highest BCUT2D eigenvalue weighted by Crippen LogP contribution is 2.19. The molecular weight excluding hydrogens is 286 g/mol. The minimum absolute atomic E-state index is 0.246. The van der Waals surface area contributed by atoms with Crippen molar-refractivity contribution in [3.63, 3.8) is 0 Å². The van der Waals surface area contributed by atoms with Gasteiger partial charge in [0.2, 0.25) is 10.0 Å². The molecule has 0 heterocycles. The van der Waals surface area contributed by atoms with Crippen LogP contribution < -0.4 is 10.5 Å². The molecule has 2 atom stereocenters. The Hall–Kier alpha value is -1.05. The predicted molar refractivity (Wildman–Crippen MR) is 72.3 cm³/mol. The largest absolute Gasteiger partial charge is 0.326 e. The summed E-state index contributed by atoms with van der Waals surface area (Å²) in [5.41, 5.74) is 5.42. The highest BCUT2D eigenvalue weighted by Gasteiger charge is 2.27. The van der Waals surface area contributed by atoms with Crippen molar-refractivity contribution in [1.82, 2.24) is 4.72 Å². The molecule has 7 heteroatoms. The van der Waals surface area contributed by atoms with Gasteiger partial charge in [0.15, 0.2) is 0 Å². The van der Waals surface area contributed by atoms with E-state index in [1.54, 1.807) is 0 Å². The summed E-state index contributed by atoms with van der Waals surface area (Å²) in [6, 6.07) is 2.68. The molecule has 2 unspecified atom stereocenters. The zero-order valence-electron chi connectivity index (χ0n) is 11.0. The van der Waals surface area contributed by atoms with Gasteiger partial charge in [0.05, 0.1) is 5.75 Å². The third kappa shape index (κ3) is 3.74. The summed E-state index contributed by atoms with van der Waals surface area (Å²) in [7, 11) is -3.82. The number of sulfonamides is 1. The molecule has 0 saturated heterocycles. The van der Waals surface area contributed by atoms with Crippen LogP contribution in [0, 0.1) is 11.6 Å². The standard InChI is InChI=1S/C13H18F2N2O2S/c14-10-4-3-5-11(15)9(10)8-20(18,19)17-13-7-2-1-6-12(13)16/h3-5,12-13,17H,1-2,6-8,16H2. The molecule has 4 nitrogen and oxygen atoms in total. The highest BCUT2D eigenvalue weighted by molar-refractivity contribution is 7.88. The van der Waals surface area contributed by atoms with Gasteiger partial charge in [-0.1, -0.05) is 18.9 Å². The molecule has 0 radical (unpaired) electrons. The Kier molecular flexibility index (Phi) is 4.72. The van der Waals surface area contributed by atoms with Crippen LogP contribution >= 0.6 is 0 Å². The van der Waals surface area contributed by atoms with Crippen molar-refractivity contribution >= 4 is 10.0 Å². The van der Waals surface area contributed by atoms with Crippen molar-refractivity contribution in [2.75, 3.05) is 0 Å². The van der Waals surface area contributed by atoms with E-state index >= 15 is 0 Å². The first-order chi connectivity index (χ1) is 9.39. The SMILES string of the molecule is NC1CCCCC1NS(=O)(=O)Cc1c(F)cccc1F. The Balaban J connectivity index is 2.11. The van der Waals surface area contributed by atoms with Crippen LogP contribution in [0.3, 0.4) is 0 Å². The summed E-state index contributed by atoms with van der Waals surface area (Å²) >= 11 is 0. The first-order valence-electron chi connectivity index (χ1n) is 6.57. The molecule has 1 aliphatic rings. The van der Waals surface area contributed by atoms with E-state index in [1.165, 1.54) is 6.07 Å². The summed E-state index contributed by atoms with van der Waals surface area (Å²) < 4.78 is 53.5. The van der Waals surface area contributed by atoms with E-state index in [4.69, 9.17) is 5.73 Å². The normalized spacial score (nSPS) is 23.8. The topological polar surface area (TPSA) is 72.2 Å². The lowest BCUT2D eigenvalue weighted by atomic mass is 9.92. The maximum absolute atomic E-state index is 13.5. The van der Waals surface area contributed by atoms with E-state index in [0.29, 0.717) is 6.42 Å². The zero-order valence-corrected chi connectivity index (χ0v) is 11.8. The molecule has 112 valence electrons. The van der Waals surface area contributed by atoms with Crippen molar-refractivity contribution in [1.29, 1.82) is 0 Å². The number of hydrogen-bond donors (Lipinski definition) is 2. The fourth-order valence-corrected chi connectivity index (χ4v) is 3.93. The van der Waals surface area contributed by atoms with Crippen LogP contribution in [0.2, 0.25) is 0 Å². The van der Waals surface area contributed by atoms with Gasteiger partial charge in [0.1, 0.15) is 11.6 Å². The Morgan fingerprint density at radius 2 is 1.80 bits per heavy atom. The Morgan fingerprint density at radius 1 is 1.20 bits per heavy atom. The van der Waals surface area contributed by atoms with Crippen LogP contribution in [-0.2, 0) is 15.8 Å². The molecule has 20 heavy (non-hydrogen) atoms. The van der Waals surface area contributed by atoms with Gasteiger partial charge in [-0.2, -0.15) is 0 Å². The predicted octanol–water partition coefficient (Wildman–Crippen LogP) is 1.65. The van der Waals surface area contributed by atoms with Crippen LogP contribution in [0.4, 0.5) is 8.78 Å². The van der Waals surface area contributed by atoms with Crippen LogP contribution in [0.25, 0.3) is 0 Å². The zero-order chi connectivity index (χ0) is 14.8. The van der Waals surface area contributed by atoms with Gasteiger partial charge in [0, 0.05) is 17.6 Å². The summed E-state index contributed by atoms with van der Waals surface area (Å²) in [6.45, 7) is 0. The lowest BCUT2D eigenvalue weighted by molar-refractivity contribution is 0.361. The van der Waals surface area contributed by atoms with E-state index in [2.05, 4.69) is 4.72 Å². The summed E-state index contributed by atoms with van der Waals surface area (Å²) in [6.07, 6.45) is 3.28. The van der Waals surface area contributed by atoms with Crippen LogP contribution in [-0.4, -0.2) is 20.5 Å².